The molecular weight excluding hydrogens is 253 g/mol. The second kappa shape index (κ2) is 6.94. The normalized spacial score (nSPS) is 11.9. The third-order valence-electron chi connectivity index (χ3n) is 3.06. The SMILES string of the molecule is CCCOc1cccc(NC(C)c2ccccc2F)c1. The molecule has 0 spiro atoms. The fraction of sp³-hybridized carbons (Fsp3) is 0.294. The number of halogens is 1. The zero-order valence-electron chi connectivity index (χ0n) is 11.9. The maximum absolute atomic E-state index is 13.7. The highest BCUT2D eigenvalue weighted by atomic mass is 19.1. The Morgan fingerprint density at radius 1 is 1.15 bits per heavy atom. The van der Waals surface area contributed by atoms with Crippen LogP contribution in [0.3, 0.4) is 0 Å². The van der Waals surface area contributed by atoms with Gasteiger partial charge in [0.05, 0.1) is 12.6 Å². The van der Waals surface area contributed by atoms with Crippen molar-refractivity contribution < 1.29 is 9.13 Å². The maximum atomic E-state index is 13.7. The van der Waals surface area contributed by atoms with Crippen molar-refractivity contribution in [1.82, 2.24) is 0 Å². The zero-order valence-corrected chi connectivity index (χ0v) is 11.9. The fourth-order valence-corrected chi connectivity index (χ4v) is 2.05. The number of benzene rings is 2. The number of ether oxygens (including phenoxy) is 1. The molecule has 0 amide bonds. The van der Waals surface area contributed by atoms with Gasteiger partial charge in [-0.15, -0.1) is 0 Å². The first-order chi connectivity index (χ1) is 9.70. The zero-order chi connectivity index (χ0) is 14.4. The summed E-state index contributed by atoms with van der Waals surface area (Å²) in [5, 5.41) is 3.30. The molecule has 1 N–H and O–H groups in total. The van der Waals surface area contributed by atoms with Gasteiger partial charge < -0.3 is 10.1 Å². The quantitative estimate of drug-likeness (QED) is 0.817. The van der Waals surface area contributed by atoms with Crippen LogP contribution in [0.1, 0.15) is 31.9 Å². The molecule has 0 saturated heterocycles. The lowest BCUT2D eigenvalue weighted by atomic mass is 10.1. The molecule has 0 saturated carbocycles. The highest BCUT2D eigenvalue weighted by molar-refractivity contribution is 5.49. The van der Waals surface area contributed by atoms with E-state index in [9.17, 15) is 4.39 Å². The molecule has 0 fully saturated rings. The lowest BCUT2D eigenvalue weighted by Crippen LogP contribution is -2.08. The minimum absolute atomic E-state index is 0.0994. The van der Waals surface area contributed by atoms with Gasteiger partial charge in [0.2, 0.25) is 0 Å². The van der Waals surface area contributed by atoms with Gasteiger partial charge in [0.1, 0.15) is 11.6 Å². The summed E-state index contributed by atoms with van der Waals surface area (Å²) in [4.78, 5) is 0. The highest BCUT2D eigenvalue weighted by Gasteiger charge is 2.10. The Morgan fingerprint density at radius 3 is 2.70 bits per heavy atom. The predicted molar refractivity (Wildman–Crippen MR) is 80.7 cm³/mol. The van der Waals surface area contributed by atoms with Gasteiger partial charge in [0, 0.05) is 17.3 Å². The van der Waals surface area contributed by atoms with Crippen molar-refractivity contribution in [1.29, 1.82) is 0 Å². The Bertz CT molecular complexity index is 556. The second-order valence-electron chi connectivity index (χ2n) is 4.76. The molecule has 20 heavy (non-hydrogen) atoms. The van der Waals surface area contributed by atoms with Crippen molar-refractivity contribution >= 4 is 5.69 Å². The van der Waals surface area contributed by atoms with Crippen LogP contribution in [0.4, 0.5) is 10.1 Å². The van der Waals surface area contributed by atoms with Gasteiger partial charge in [-0.25, -0.2) is 4.39 Å². The molecule has 0 radical (unpaired) electrons. The summed E-state index contributed by atoms with van der Waals surface area (Å²) in [6.45, 7) is 4.71. The van der Waals surface area contributed by atoms with Crippen LogP contribution in [-0.2, 0) is 0 Å². The Morgan fingerprint density at radius 2 is 1.95 bits per heavy atom. The third kappa shape index (κ3) is 3.73. The molecule has 2 rings (SSSR count). The largest absolute Gasteiger partial charge is 0.494 e. The lowest BCUT2D eigenvalue weighted by molar-refractivity contribution is 0.317. The van der Waals surface area contributed by atoms with Gasteiger partial charge in [-0.3, -0.25) is 0 Å². The smallest absolute Gasteiger partial charge is 0.128 e. The Hall–Kier alpha value is -2.03. The van der Waals surface area contributed by atoms with Crippen molar-refractivity contribution in [2.45, 2.75) is 26.3 Å². The molecule has 0 aliphatic rings. The van der Waals surface area contributed by atoms with Gasteiger partial charge in [-0.2, -0.15) is 0 Å². The van der Waals surface area contributed by atoms with Gasteiger partial charge in [-0.05, 0) is 31.5 Å². The van der Waals surface area contributed by atoms with E-state index in [-0.39, 0.29) is 11.9 Å². The molecule has 1 atom stereocenters. The lowest BCUT2D eigenvalue weighted by Gasteiger charge is -2.17. The number of nitrogens with one attached hydrogen (secondary N) is 1. The second-order valence-corrected chi connectivity index (χ2v) is 4.76. The standard InChI is InChI=1S/C17H20FNO/c1-3-11-20-15-8-6-7-14(12-15)19-13(2)16-9-4-5-10-17(16)18/h4-10,12-13,19H,3,11H2,1-2H3. The molecule has 1 unspecified atom stereocenters. The van der Waals surface area contributed by atoms with Gasteiger partial charge in [0.25, 0.3) is 0 Å². The first-order valence-electron chi connectivity index (χ1n) is 6.94. The van der Waals surface area contributed by atoms with E-state index in [1.807, 2.05) is 37.3 Å². The van der Waals surface area contributed by atoms with E-state index in [0.717, 1.165) is 17.9 Å². The molecule has 3 heteroatoms. The average molecular weight is 273 g/mol. The van der Waals surface area contributed by atoms with Crippen LogP contribution in [0.2, 0.25) is 0 Å². The minimum atomic E-state index is -0.189. The molecule has 0 aliphatic heterocycles. The summed E-state index contributed by atoms with van der Waals surface area (Å²) in [6.07, 6.45) is 0.975. The third-order valence-corrected chi connectivity index (χ3v) is 3.06. The van der Waals surface area contributed by atoms with Crippen LogP contribution in [0.5, 0.6) is 5.75 Å². The molecule has 2 aromatic carbocycles. The summed E-state index contributed by atoms with van der Waals surface area (Å²) in [7, 11) is 0. The van der Waals surface area contributed by atoms with E-state index < -0.39 is 0 Å². The van der Waals surface area contributed by atoms with E-state index in [0.29, 0.717) is 12.2 Å². The summed E-state index contributed by atoms with van der Waals surface area (Å²) in [6, 6.07) is 14.5. The van der Waals surface area contributed by atoms with Crippen LogP contribution >= 0.6 is 0 Å². The highest BCUT2D eigenvalue weighted by Crippen LogP contribution is 2.24. The Balaban J connectivity index is 2.08. The predicted octanol–water partition coefficient (Wildman–Crippen LogP) is 4.79. The topological polar surface area (TPSA) is 21.3 Å². The summed E-state index contributed by atoms with van der Waals surface area (Å²) < 4.78 is 19.3. The summed E-state index contributed by atoms with van der Waals surface area (Å²) in [5.74, 6) is 0.642. The number of anilines is 1. The summed E-state index contributed by atoms with van der Waals surface area (Å²) >= 11 is 0. The van der Waals surface area contributed by atoms with Crippen molar-refractivity contribution in [3.05, 3.63) is 59.9 Å². The fourth-order valence-electron chi connectivity index (χ4n) is 2.05. The van der Waals surface area contributed by atoms with E-state index >= 15 is 0 Å². The van der Waals surface area contributed by atoms with Crippen LogP contribution in [0.25, 0.3) is 0 Å². The van der Waals surface area contributed by atoms with Gasteiger partial charge >= 0.3 is 0 Å². The van der Waals surface area contributed by atoms with Crippen molar-refractivity contribution in [3.63, 3.8) is 0 Å². The van der Waals surface area contributed by atoms with Crippen molar-refractivity contribution in [2.75, 3.05) is 11.9 Å². The maximum Gasteiger partial charge on any atom is 0.128 e. The molecule has 0 bridgehead atoms. The number of rotatable bonds is 6. The van der Waals surface area contributed by atoms with E-state index in [1.165, 1.54) is 6.07 Å². The Kier molecular flexibility index (Phi) is 4.99. The summed E-state index contributed by atoms with van der Waals surface area (Å²) in [5.41, 5.74) is 1.58. The first-order valence-corrected chi connectivity index (χ1v) is 6.94. The monoisotopic (exact) mass is 273 g/mol. The van der Waals surface area contributed by atoms with E-state index in [2.05, 4.69) is 12.2 Å². The minimum Gasteiger partial charge on any atom is -0.494 e. The van der Waals surface area contributed by atoms with Crippen LogP contribution < -0.4 is 10.1 Å². The molecular formula is C17H20FNO. The van der Waals surface area contributed by atoms with E-state index in [4.69, 9.17) is 4.74 Å². The average Bonchev–Trinajstić information content (AvgIpc) is 2.46. The van der Waals surface area contributed by atoms with E-state index in [1.54, 1.807) is 12.1 Å². The molecule has 0 aliphatic carbocycles. The van der Waals surface area contributed by atoms with Crippen molar-refractivity contribution in [3.8, 4) is 5.75 Å². The van der Waals surface area contributed by atoms with Crippen LogP contribution in [0, 0.1) is 5.82 Å². The van der Waals surface area contributed by atoms with Crippen molar-refractivity contribution in [2.24, 2.45) is 0 Å². The van der Waals surface area contributed by atoms with Gasteiger partial charge in [-0.1, -0.05) is 31.2 Å². The number of hydrogen-bond donors (Lipinski definition) is 1. The molecule has 2 aromatic rings. The first kappa shape index (κ1) is 14.4. The molecule has 106 valence electrons. The van der Waals surface area contributed by atoms with Gasteiger partial charge in [0.15, 0.2) is 0 Å². The molecule has 2 nitrogen and oxygen atoms in total. The Labute approximate surface area is 119 Å². The van der Waals surface area contributed by atoms with Crippen LogP contribution in [-0.4, -0.2) is 6.61 Å². The van der Waals surface area contributed by atoms with Crippen LogP contribution in [0.15, 0.2) is 48.5 Å². The molecule has 0 heterocycles. The molecule has 0 aromatic heterocycles. The number of hydrogen-bond acceptors (Lipinski definition) is 2.